The van der Waals surface area contributed by atoms with Crippen molar-refractivity contribution in [2.45, 2.75) is 0 Å². The Hall–Kier alpha value is -6.64. The highest BCUT2D eigenvalue weighted by molar-refractivity contribution is 6.12. The minimum atomic E-state index is 0.224. The fourth-order valence-corrected chi connectivity index (χ4v) is 8.62. The summed E-state index contributed by atoms with van der Waals surface area (Å²) in [5.41, 5.74) is 5.37. The van der Waals surface area contributed by atoms with Gasteiger partial charge >= 0.3 is 0 Å². The van der Waals surface area contributed by atoms with Crippen LogP contribution >= 0.6 is 0 Å². The van der Waals surface area contributed by atoms with Gasteiger partial charge in [-0.25, -0.2) is 29.9 Å². The van der Waals surface area contributed by atoms with Crippen LogP contribution in [0.2, 0.25) is 0 Å². The van der Waals surface area contributed by atoms with Crippen molar-refractivity contribution in [3.8, 4) is 57.1 Å². The lowest BCUT2D eigenvalue weighted by molar-refractivity contribution is -0.0159. The number of H-pyrrole nitrogens is 2. The van der Waals surface area contributed by atoms with E-state index in [2.05, 4.69) is 9.97 Å². The van der Waals surface area contributed by atoms with Gasteiger partial charge in [0.25, 0.3) is 0 Å². The predicted molar refractivity (Wildman–Crippen MR) is 299 cm³/mol. The molecular formula is C58H70N8O14. The van der Waals surface area contributed by atoms with E-state index in [9.17, 15) is 0 Å². The molecule has 0 saturated heterocycles. The van der Waals surface area contributed by atoms with Gasteiger partial charge < -0.3 is 76.3 Å². The zero-order chi connectivity index (χ0) is 54.8. The number of nitrogens with zero attached hydrogens (tertiary/aromatic N) is 6. The first kappa shape index (κ1) is 58.0. The Bertz CT molecular complexity index is 2990. The highest BCUT2D eigenvalue weighted by Gasteiger charge is 2.24. The largest absolute Gasteiger partial charge is 0.490 e. The molecule has 0 aliphatic carbocycles. The minimum absolute atomic E-state index is 0.224. The monoisotopic (exact) mass is 1100 g/mol. The number of benzene rings is 4. The van der Waals surface area contributed by atoms with E-state index in [1.165, 1.54) is 0 Å². The predicted octanol–water partition coefficient (Wildman–Crippen LogP) is 7.09. The molecule has 80 heavy (non-hydrogen) atoms. The van der Waals surface area contributed by atoms with E-state index >= 15 is 0 Å². The standard InChI is InChI=1S/C58H70N8O14/c1-67-17-19-69-21-23-71-25-27-73-29-31-75-33-35-77-37-39-79-47-15-16-48(80-40-38-78-36-34-76-32-30-74-28-26-72-24-22-70-20-18-68-2)50-49(47)57-64-55-45-13-7-5-11-43(45)53(62-55)60-51-41-9-3-4-10-42(41)52(59-51)61-54-44-12-6-8-14-46(44)56(63-54)65-58(50)66-57/h3-16H,17-40H2,1-2H3,(H2,59,60,61,62,63,64,65,66). The Morgan fingerprint density at radius 1 is 0.275 bits per heavy atom. The molecule has 22 heteroatoms. The summed E-state index contributed by atoms with van der Waals surface area (Å²) in [6.07, 6.45) is 0. The van der Waals surface area contributed by atoms with Gasteiger partial charge in [-0.3, -0.25) is 0 Å². The van der Waals surface area contributed by atoms with Crippen LogP contribution in [0.15, 0.2) is 84.9 Å². The number of hydrogen-bond acceptors (Lipinski definition) is 20. The summed E-state index contributed by atoms with van der Waals surface area (Å²) in [5.74, 6) is 2.94. The molecule has 0 radical (unpaired) electrons. The van der Waals surface area contributed by atoms with E-state index in [1.54, 1.807) is 14.2 Å². The molecule has 0 saturated carbocycles. The summed E-state index contributed by atoms with van der Waals surface area (Å²) >= 11 is 0. The van der Waals surface area contributed by atoms with Gasteiger partial charge in [0.05, 0.1) is 156 Å². The molecule has 5 heterocycles. The van der Waals surface area contributed by atoms with E-state index < -0.39 is 0 Å². The maximum atomic E-state index is 6.55. The molecule has 0 amide bonds. The van der Waals surface area contributed by atoms with Gasteiger partial charge in [-0.15, -0.1) is 0 Å². The van der Waals surface area contributed by atoms with Crippen LogP contribution in [-0.2, 0) is 56.8 Å². The van der Waals surface area contributed by atoms with Crippen LogP contribution in [0.25, 0.3) is 89.7 Å². The van der Waals surface area contributed by atoms with Crippen molar-refractivity contribution in [2.75, 3.05) is 173 Å². The van der Waals surface area contributed by atoms with Crippen LogP contribution in [0, 0.1) is 0 Å². The molecule has 2 N–H and O–H groups in total. The van der Waals surface area contributed by atoms with Crippen LogP contribution in [-0.4, -0.2) is 213 Å². The molecule has 8 bridgehead atoms. The number of nitrogens with one attached hydrogen (secondary N) is 2. The van der Waals surface area contributed by atoms with E-state index in [0.29, 0.717) is 214 Å². The van der Waals surface area contributed by atoms with Crippen molar-refractivity contribution >= 4 is 44.1 Å². The topological polar surface area (TPSA) is 238 Å². The zero-order valence-electron chi connectivity index (χ0n) is 45.5. The van der Waals surface area contributed by atoms with Crippen molar-refractivity contribution in [3.63, 3.8) is 0 Å². The average molecular weight is 1100 g/mol. The second kappa shape index (κ2) is 32.0. The highest BCUT2D eigenvalue weighted by Crippen LogP contribution is 2.41. The molecule has 0 unspecified atom stereocenters. The number of hydrogen-bond donors (Lipinski definition) is 2. The number of aromatic nitrogens is 8. The van der Waals surface area contributed by atoms with Gasteiger partial charge in [-0.1, -0.05) is 72.8 Å². The first-order valence-corrected chi connectivity index (χ1v) is 27.0. The van der Waals surface area contributed by atoms with Crippen LogP contribution < -0.4 is 9.47 Å². The average Bonchev–Trinajstić information content (AvgIpc) is 4.39. The summed E-state index contributed by atoms with van der Waals surface area (Å²) in [4.78, 5) is 38.0. The first-order chi connectivity index (χ1) is 39.7. The molecular weight excluding hydrogens is 1030 g/mol. The van der Waals surface area contributed by atoms with E-state index in [1.807, 2.05) is 84.9 Å². The Balaban J connectivity index is 0.914. The molecule has 2 aliphatic heterocycles. The molecule has 2 aliphatic rings. The van der Waals surface area contributed by atoms with Crippen LogP contribution in [0.3, 0.4) is 0 Å². The SMILES string of the molecule is COCCOCCOCCOCCOCCOCCOc1ccc(OCCOCCOCCOCCOCCOCCOC)c2c3nc4nc(nc5[nH]c(nc6nc(nc([nH]3)c12)-c1ccccc1-6)c1ccccc51)-c1ccccc1-4. The molecule has 7 aromatic rings. The number of methoxy groups -OCH3 is 2. The van der Waals surface area contributed by atoms with Crippen molar-refractivity contribution in [3.05, 3.63) is 84.9 Å². The van der Waals surface area contributed by atoms with E-state index in [4.69, 9.17) is 96.2 Å². The lowest BCUT2D eigenvalue weighted by Gasteiger charge is -2.12. The summed E-state index contributed by atoms with van der Waals surface area (Å²) in [5, 5.41) is 3.02. The van der Waals surface area contributed by atoms with Crippen molar-refractivity contribution in [1.29, 1.82) is 0 Å². The first-order valence-electron chi connectivity index (χ1n) is 27.0. The fraction of sp³-hybridized carbons (Fsp3) is 0.448. The lowest BCUT2D eigenvalue weighted by atomic mass is 10.1. The summed E-state index contributed by atoms with van der Waals surface area (Å²) in [6, 6.07) is 27.5. The molecule has 426 valence electrons. The van der Waals surface area contributed by atoms with Gasteiger partial charge in [-0.2, -0.15) is 0 Å². The molecule has 22 nitrogen and oxygen atoms in total. The summed E-state index contributed by atoms with van der Waals surface area (Å²) in [6.45, 7) is 10.5. The van der Waals surface area contributed by atoms with E-state index in [-0.39, 0.29) is 13.2 Å². The summed E-state index contributed by atoms with van der Waals surface area (Å²) in [7, 11) is 3.29. The van der Waals surface area contributed by atoms with Crippen molar-refractivity contribution < 1.29 is 66.3 Å². The molecule has 4 aromatic carbocycles. The lowest BCUT2D eigenvalue weighted by Crippen LogP contribution is -2.15. The number of aromatic amines is 2. The number of ether oxygens (including phenoxy) is 14. The molecule has 0 fully saturated rings. The van der Waals surface area contributed by atoms with Gasteiger partial charge in [0, 0.05) is 47.2 Å². The number of fused-ring (bicyclic) bond motifs is 20. The van der Waals surface area contributed by atoms with Gasteiger partial charge in [0.1, 0.15) is 47.3 Å². The Labute approximate surface area is 463 Å². The summed E-state index contributed by atoms with van der Waals surface area (Å²) < 4.78 is 79.4. The van der Waals surface area contributed by atoms with Crippen LogP contribution in [0.5, 0.6) is 11.5 Å². The third-order valence-electron chi connectivity index (χ3n) is 12.4. The molecule has 9 rings (SSSR count). The molecule has 3 aromatic heterocycles. The second-order valence-electron chi connectivity index (χ2n) is 17.9. The Kier molecular flexibility index (Phi) is 23.2. The Morgan fingerprint density at radius 2 is 0.525 bits per heavy atom. The second-order valence-corrected chi connectivity index (χ2v) is 17.9. The van der Waals surface area contributed by atoms with Crippen molar-refractivity contribution in [1.82, 2.24) is 39.9 Å². The van der Waals surface area contributed by atoms with Gasteiger partial charge in [-0.05, 0) is 12.1 Å². The maximum absolute atomic E-state index is 6.55. The van der Waals surface area contributed by atoms with E-state index in [0.717, 1.165) is 33.0 Å². The normalized spacial score (nSPS) is 11.9. The smallest absolute Gasteiger partial charge is 0.164 e. The molecule has 0 spiro atoms. The zero-order valence-corrected chi connectivity index (χ0v) is 45.5. The fourth-order valence-electron chi connectivity index (χ4n) is 8.62. The minimum Gasteiger partial charge on any atom is -0.490 e. The van der Waals surface area contributed by atoms with Crippen LogP contribution in [0.1, 0.15) is 0 Å². The maximum Gasteiger partial charge on any atom is 0.164 e. The van der Waals surface area contributed by atoms with Crippen molar-refractivity contribution in [2.24, 2.45) is 0 Å². The number of rotatable bonds is 38. The quantitative estimate of drug-likeness (QED) is 0.0367. The van der Waals surface area contributed by atoms with Crippen LogP contribution in [0.4, 0.5) is 0 Å². The molecule has 0 atom stereocenters. The van der Waals surface area contributed by atoms with Gasteiger partial charge in [0.2, 0.25) is 0 Å². The third-order valence-corrected chi connectivity index (χ3v) is 12.4. The third kappa shape index (κ3) is 16.3. The van der Waals surface area contributed by atoms with Gasteiger partial charge in [0.15, 0.2) is 23.3 Å². The Morgan fingerprint density at radius 3 is 0.825 bits per heavy atom. The highest BCUT2D eigenvalue weighted by atomic mass is 16.6.